The molecule has 0 unspecified atom stereocenters. The normalized spacial score (nSPS) is 16.1. The highest BCUT2D eigenvalue weighted by molar-refractivity contribution is 5.79. The number of piperidine rings is 1. The highest BCUT2D eigenvalue weighted by Gasteiger charge is 2.24. The largest absolute Gasteiger partial charge is 0.508 e. The van der Waals surface area contributed by atoms with Crippen molar-refractivity contribution in [3.8, 4) is 5.75 Å². The Balaban J connectivity index is 2.00. The van der Waals surface area contributed by atoms with E-state index in [0.29, 0.717) is 12.5 Å². The molecule has 0 spiro atoms. The lowest BCUT2D eigenvalue weighted by Crippen LogP contribution is -2.47. The summed E-state index contributed by atoms with van der Waals surface area (Å²) in [7, 11) is 0. The second kappa shape index (κ2) is 7.29. The number of aromatic hydroxyl groups is 1. The molecular formula is C16H24N2O2. The van der Waals surface area contributed by atoms with E-state index in [4.69, 9.17) is 0 Å². The van der Waals surface area contributed by atoms with Crippen molar-refractivity contribution in [2.24, 2.45) is 0 Å². The number of hydrogen-bond acceptors (Lipinski definition) is 3. The summed E-state index contributed by atoms with van der Waals surface area (Å²) >= 11 is 0. The third-order valence-corrected chi connectivity index (χ3v) is 3.83. The maximum absolute atomic E-state index is 12.5. The molecule has 1 aliphatic heterocycles. The summed E-state index contributed by atoms with van der Waals surface area (Å²) < 4.78 is 0. The molecule has 0 atom stereocenters. The topological polar surface area (TPSA) is 52.6 Å². The smallest absolute Gasteiger partial charge is 0.227 e. The minimum atomic E-state index is 0.199. The molecule has 2 rings (SSSR count). The van der Waals surface area contributed by atoms with Crippen LogP contribution in [-0.4, -0.2) is 41.6 Å². The van der Waals surface area contributed by atoms with Crippen LogP contribution in [0.25, 0.3) is 0 Å². The first-order chi connectivity index (χ1) is 9.70. The molecule has 1 aromatic rings. The number of carbonyl (C=O) groups is 1. The maximum Gasteiger partial charge on any atom is 0.227 e. The van der Waals surface area contributed by atoms with Crippen molar-refractivity contribution in [1.82, 2.24) is 10.2 Å². The first-order valence-electron chi connectivity index (χ1n) is 7.48. The van der Waals surface area contributed by atoms with Gasteiger partial charge in [0, 0.05) is 12.6 Å². The van der Waals surface area contributed by atoms with E-state index in [1.54, 1.807) is 12.1 Å². The summed E-state index contributed by atoms with van der Waals surface area (Å²) in [5.41, 5.74) is 0.961. The summed E-state index contributed by atoms with van der Waals surface area (Å²) in [6, 6.07) is 7.29. The fraction of sp³-hybridized carbons (Fsp3) is 0.562. The molecule has 4 nitrogen and oxygen atoms in total. The van der Waals surface area contributed by atoms with Gasteiger partial charge in [0.1, 0.15) is 5.75 Å². The van der Waals surface area contributed by atoms with E-state index >= 15 is 0 Å². The van der Waals surface area contributed by atoms with E-state index < -0.39 is 0 Å². The summed E-state index contributed by atoms with van der Waals surface area (Å²) in [5.74, 6) is 0.439. The molecule has 1 heterocycles. The van der Waals surface area contributed by atoms with Crippen LogP contribution < -0.4 is 5.32 Å². The fourth-order valence-corrected chi connectivity index (χ4v) is 2.76. The lowest BCUT2D eigenvalue weighted by molar-refractivity contribution is -0.133. The van der Waals surface area contributed by atoms with Gasteiger partial charge in [0.15, 0.2) is 0 Å². The molecule has 1 aliphatic rings. The number of hydrogen-bond donors (Lipinski definition) is 2. The third-order valence-electron chi connectivity index (χ3n) is 3.83. The van der Waals surface area contributed by atoms with Gasteiger partial charge < -0.3 is 15.3 Å². The lowest BCUT2D eigenvalue weighted by Gasteiger charge is -2.34. The summed E-state index contributed by atoms with van der Waals surface area (Å²) in [6.07, 6.45) is 3.50. The molecule has 1 amide bonds. The zero-order valence-electron chi connectivity index (χ0n) is 12.1. The van der Waals surface area contributed by atoms with Crippen molar-refractivity contribution in [1.29, 1.82) is 0 Å². The predicted molar refractivity (Wildman–Crippen MR) is 79.7 cm³/mol. The van der Waals surface area contributed by atoms with Gasteiger partial charge in [-0.3, -0.25) is 4.79 Å². The molecule has 1 aromatic carbocycles. The number of nitrogens with zero attached hydrogens (tertiary/aromatic N) is 1. The molecule has 0 aromatic heterocycles. The number of benzene rings is 1. The van der Waals surface area contributed by atoms with Crippen LogP contribution in [-0.2, 0) is 11.2 Å². The van der Waals surface area contributed by atoms with Crippen LogP contribution in [0.15, 0.2) is 24.3 Å². The standard InChI is InChI=1S/C16H24N2O2/c1-2-11-18(14-7-9-17-10-8-14)16(20)12-13-3-5-15(19)6-4-13/h3-6,14,17,19H,2,7-12H2,1H3. The van der Waals surface area contributed by atoms with Crippen molar-refractivity contribution in [3.05, 3.63) is 29.8 Å². The van der Waals surface area contributed by atoms with Gasteiger partial charge in [0.05, 0.1) is 6.42 Å². The maximum atomic E-state index is 12.5. The molecule has 20 heavy (non-hydrogen) atoms. The zero-order chi connectivity index (χ0) is 14.4. The number of rotatable bonds is 5. The molecule has 4 heteroatoms. The minimum Gasteiger partial charge on any atom is -0.508 e. The Bertz CT molecular complexity index is 425. The molecule has 0 saturated carbocycles. The Morgan fingerprint density at radius 3 is 2.55 bits per heavy atom. The zero-order valence-corrected chi connectivity index (χ0v) is 12.1. The fourth-order valence-electron chi connectivity index (χ4n) is 2.76. The van der Waals surface area contributed by atoms with Crippen LogP contribution >= 0.6 is 0 Å². The Morgan fingerprint density at radius 1 is 1.30 bits per heavy atom. The van der Waals surface area contributed by atoms with Crippen LogP contribution in [0.3, 0.4) is 0 Å². The van der Waals surface area contributed by atoms with Crippen molar-refractivity contribution in [2.75, 3.05) is 19.6 Å². The van der Waals surface area contributed by atoms with Crippen molar-refractivity contribution < 1.29 is 9.90 Å². The van der Waals surface area contributed by atoms with Gasteiger partial charge in [-0.05, 0) is 50.0 Å². The first kappa shape index (κ1) is 14.9. The average molecular weight is 276 g/mol. The van der Waals surface area contributed by atoms with Crippen molar-refractivity contribution in [3.63, 3.8) is 0 Å². The highest BCUT2D eigenvalue weighted by atomic mass is 16.3. The van der Waals surface area contributed by atoms with Gasteiger partial charge in [0.2, 0.25) is 5.91 Å². The van der Waals surface area contributed by atoms with Crippen LogP contribution in [0.5, 0.6) is 5.75 Å². The predicted octanol–water partition coefficient (Wildman–Crippen LogP) is 1.93. The van der Waals surface area contributed by atoms with Crippen molar-refractivity contribution >= 4 is 5.91 Å². The molecule has 2 N–H and O–H groups in total. The minimum absolute atomic E-state index is 0.199. The van der Waals surface area contributed by atoms with Gasteiger partial charge in [0.25, 0.3) is 0 Å². The SMILES string of the molecule is CCCN(C(=O)Cc1ccc(O)cc1)C1CCNCC1. The summed E-state index contributed by atoms with van der Waals surface area (Å²) in [4.78, 5) is 14.6. The van der Waals surface area contributed by atoms with E-state index in [0.717, 1.165) is 44.5 Å². The number of nitrogens with one attached hydrogen (secondary N) is 1. The van der Waals surface area contributed by atoms with Gasteiger partial charge in [-0.1, -0.05) is 19.1 Å². The van der Waals surface area contributed by atoms with Gasteiger partial charge in [-0.2, -0.15) is 0 Å². The van der Waals surface area contributed by atoms with E-state index in [1.807, 2.05) is 17.0 Å². The average Bonchev–Trinajstić information content (AvgIpc) is 2.48. The van der Waals surface area contributed by atoms with Crippen LogP contribution in [0.4, 0.5) is 0 Å². The quantitative estimate of drug-likeness (QED) is 0.864. The molecule has 0 radical (unpaired) electrons. The molecule has 0 bridgehead atoms. The molecule has 0 aliphatic carbocycles. The van der Waals surface area contributed by atoms with Crippen LogP contribution in [0.2, 0.25) is 0 Å². The number of amides is 1. The Kier molecular flexibility index (Phi) is 5.41. The Morgan fingerprint density at radius 2 is 1.95 bits per heavy atom. The van der Waals surface area contributed by atoms with E-state index in [1.165, 1.54) is 0 Å². The second-order valence-electron chi connectivity index (χ2n) is 5.41. The van der Waals surface area contributed by atoms with Crippen LogP contribution in [0, 0.1) is 0 Å². The Hall–Kier alpha value is -1.55. The molecule has 1 fully saturated rings. The number of phenols is 1. The molecular weight excluding hydrogens is 252 g/mol. The van der Waals surface area contributed by atoms with Crippen LogP contribution in [0.1, 0.15) is 31.7 Å². The Labute approximate surface area is 120 Å². The summed E-state index contributed by atoms with van der Waals surface area (Å²) in [5, 5.41) is 12.6. The van der Waals surface area contributed by atoms with E-state index in [2.05, 4.69) is 12.2 Å². The van der Waals surface area contributed by atoms with Gasteiger partial charge in [-0.15, -0.1) is 0 Å². The van der Waals surface area contributed by atoms with Crippen molar-refractivity contribution in [2.45, 2.75) is 38.6 Å². The first-order valence-corrected chi connectivity index (χ1v) is 7.48. The second-order valence-corrected chi connectivity index (χ2v) is 5.41. The van der Waals surface area contributed by atoms with Gasteiger partial charge >= 0.3 is 0 Å². The third kappa shape index (κ3) is 3.97. The highest BCUT2D eigenvalue weighted by Crippen LogP contribution is 2.16. The van der Waals surface area contributed by atoms with E-state index in [9.17, 15) is 9.90 Å². The van der Waals surface area contributed by atoms with Gasteiger partial charge in [-0.25, -0.2) is 0 Å². The lowest BCUT2D eigenvalue weighted by atomic mass is 10.0. The monoisotopic (exact) mass is 276 g/mol. The summed E-state index contributed by atoms with van der Waals surface area (Å²) in [6.45, 7) is 4.94. The number of phenolic OH excluding ortho intramolecular Hbond substituents is 1. The van der Waals surface area contributed by atoms with E-state index in [-0.39, 0.29) is 11.7 Å². The number of carbonyl (C=O) groups excluding carboxylic acids is 1. The molecule has 1 saturated heterocycles. The molecule has 110 valence electrons.